The molecule has 1 N–H and O–H groups in total. The summed E-state index contributed by atoms with van der Waals surface area (Å²) in [5.74, 6) is -0.713. The number of hydrogen-bond acceptors (Lipinski definition) is 8. The number of aryl methyl sites for hydroxylation is 1. The summed E-state index contributed by atoms with van der Waals surface area (Å²) in [6, 6.07) is -0.456. The fourth-order valence-corrected chi connectivity index (χ4v) is 4.97. The van der Waals surface area contributed by atoms with Crippen LogP contribution in [0.25, 0.3) is 0 Å². The normalized spacial score (nSPS) is 24.8. The van der Waals surface area contributed by atoms with Gasteiger partial charge in [0.15, 0.2) is 0 Å². The van der Waals surface area contributed by atoms with E-state index in [9.17, 15) is 9.59 Å². The first-order chi connectivity index (χ1) is 19.0. The average molecular weight is 568 g/mol. The average Bonchev–Trinajstić information content (AvgIpc) is 3.31. The predicted octanol–water partition coefficient (Wildman–Crippen LogP) is 5.87. The van der Waals surface area contributed by atoms with Gasteiger partial charge in [-0.25, -0.2) is 14.6 Å². The van der Waals surface area contributed by atoms with E-state index in [-0.39, 0.29) is 12.1 Å². The number of carbonyl (C=O) groups excluding carboxylic acids is 2. The number of ether oxygens (including phenoxy) is 2. The van der Waals surface area contributed by atoms with Gasteiger partial charge in [-0.05, 0) is 73.3 Å². The maximum atomic E-state index is 12.7. The molecule has 1 aliphatic rings. The Hall–Kier alpha value is -3.23. The number of fused-ring (bicyclic) bond motifs is 2. The van der Waals surface area contributed by atoms with E-state index in [2.05, 4.69) is 35.9 Å². The maximum absolute atomic E-state index is 12.7. The quantitative estimate of drug-likeness (QED) is 0.326. The summed E-state index contributed by atoms with van der Waals surface area (Å²) < 4.78 is 11.5. The van der Waals surface area contributed by atoms with Gasteiger partial charge >= 0.3 is 11.9 Å². The second-order valence-corrected chi connectivity index (χ2v) is 11.4. The van der Waals surface area contributed by atoms with Crippen LogP contribution in [0.5, 0.6) is 0 Å². The molecule has 0 amide bonds. The fraction of sp³-hybridized carbons (Fsp3) is 0.469. The molecule has 7 nitrogen and oxygen atoms in total. The number of aromatic nitrogens is 1. The summed E-state index contributed by atoms with van der Waals surface area (Å²) in [5, 5.41) is 5.96. The van der Waals surface area contributed by atoms with Gasteiger partial charge in [0.25, 0.3) is 0 Å². The molecule has 2 rings (SSSR count). The topological polar surface area (TPSA) is 80.8 Å². The van der Waals surface area contributed by atoms with Crippen molar-refractivity contribution in [3.63, 3.8) is 0 Å². The van der Waals surface area contributed by atoms with Crippen LogP contribution in [0.15, 0.2) is 77.4 Å². The van der Waals surface area contributed by atoms with Crippen molar-refractivity contribution >= 4 is 23.3 Å². The zero-order valence-electron chi connectivity index (χ0n) is 24.8. The Morgan fingerprint density at radius 2 is 1.95 bits per heavy atom. The zero-order valence-corrected chi connectivity index (χ0v) is 25.6. The van der Waals surface area contributed by atoms with E-state index in [1.54, 1.807) is 17.4 Å². The van der Waals surface area contributed by atoms with Crippen molar-refractivity contribution in [3.05, 3.63) is 88.1 Å². The van der Waals surface area contributed by atoms with E-state index in [0.717, 1.165) is 41.2 Å². The molecule has 2 heterocycles. The van der Waals surface area contributed by atoms with Crippen molar-refractivity contribution < 1.29 is 19.1 Å². The van der Waals surface area contributed by atoms with E-state index in [4.69, 9.17) is 14.5 Å². The van der Waals surface area contributed by atoms with Gasteiger partial charge in [0, 0.05) is 30.8 Å². The van der Waals surface area contributed by atoms with Crippen LogP contribution < -0.4 is 5.32 Å². The molecule has 0 aliphatic carbocycles. The third-order valence-electron chi connectivity index (χ3n) is 6.15. The first-order valence-electron chi connectivity index (χ1n) is 13.8. The third-order valence-corrected chi connectivity index (χ3v) is 7.07. The third kappa shape index (κ3) is 13.2. The largest absolute Gasteiger partial charge is 0.461 e. The Bertz CT molecular complexity index is 1140. The Morgan fingerprint density at radius 1 is 1.20 bits per heavy atom. The van der Waals surface area contributed by atoms with Crippen molar-refractivity contribution in [2.45, 2.75) is 78.0 Å². The van der Waals surface area contributed by atoms with Gasteiger partial charge in [-0.1, -0.05) is 53.7 Å². The summed E-state index contributed by atoms with van der Waals surface area (Å²) in [5.41, 5.74) is 4.12. The molecule has 2 bridgehead atoms. The summed E-state index contributed by atoms with van der Waals surface area (Å²) in [7, 11) is 4.08. The van der Waals surface area contributed by atoms with Crippen LogP contribution in [-0.4, -0.2) is 60.7 Å². The van der Waals surface area contributed by atoms with Crippen molar-refractivity contribution in [2.75, 3.05) is 20.6 Å². The molecule has 1 aliphatic heterocycles. The van der Waals surface area contributed by atoms with E-state index in [1.807, 2.05) is 58.5 Å². The van der Waals surface area contributed by atoms with Crippen LogP contribution in [0.1, 0.15) is 57.7 Å². The van der Waals surface area contributed by atoms with E-state index < -0.39 is 18.1 Å². The molecule has 0 radical (unpaired) electrons. The van der Waals surface area contributed by atoms with E-state index >= 15 is 0 Å². The molecule has 3 atom stereocenters. The highest BCUT2D eigenvalue weighted by Crippen LogP contribution is 2.18. The van der Waals surface area contributed by atoms with Crippen molar-refractivity contribution in [1.29, 1.82) is 0 Å². The second kappa shape index (κ2) is 17.5. The molecule has 0 aromatic carbocycles. The van der Waals surface area contributed by atoms with Crippen LogP contribution >= 0.6 is 11.3 Å². The number of cyclic esters (lactones) is 2. The summed E-state index contributed by atoms with van der Waals surface area (Å²) in [4.78, 5) is 32.3. The van der Waals surface area contributed by atoms with Crippen molar-refractivity contribution in [2.24, 2.45) is 0 Å². The number of nitrogens with one attached hydrogen (secondary N) is 1. The molecule has 3 unspecified atom stereocenters. The molecule has 0 fully saturated rings. The van der Waals surface area contributed by atoms with Gasteiger partial charge < -0.3 is 19.7 Å². The first kappa shape index (κ1) is 33.0. The van der Waals surface area contributed by atoms with Crippen LogP contribution in [0, 0.1) is 0 Å². The molecule has 0 spiro atoms. The molecule has 1 aromatic rings. The minimum atomic E-state index is -0.456. The number of allylic oxidation sites excluding steroid dienone is 6. The standard InChI is InChI=1S/C32H45N3O4S/c1-8-33-29-13-10-12-27-22-40-30(34-27)21-28(20-25(4)16-15-23(2)17-18-35(6)7)39-31(36)14-9-11-24(3)19-26(5)38-32(29)37/h8-9,11,14-17,20,22,26,28-29,33H,1,10,12-13,18-19,21H2,2-7H3/b14-9-,16-15+,23-17+,24-11+,25-20+. The predicted molar refractivity (Wildman–Crippen MR) is 164 cm³/mol. The highest BCUT2D eigenvalue weighted by Gasteiger charge is 2.21. The van der Waals surface area contributed by atoms with Crippen molar-refractivity contribution in [3.8, 4) is 0 Å². The first-order valence-corrected chi connectivity index (χ1v) is 14.7. The lowest BCUT2D eigenvalue weighted by atomic mass is 10.1. The number of carbonyl (C=O) groups is 2. The van der Waals surface area contributed by atoms with Gasteiger partial charge in [0.1, 0.15) is 18.2 Å². The molecular weight excluding hydrogens is 522 g/mol. The lowest BCUT2D eigenvalue weighted by molar-refractivity contribution is -0.150. The molecule has 8 heteroatoms. The Balaban J connectivity index is 2.27. The Kier molecular flexibility index (Phi) is 14.4. The van der Waals surface area contributed by atoms with Crippen LogP contribution in [0.4, 0.5) is 0 Å². The maximum Gasteiger partial charge on any atom is 0.331 e. The number of rotatable bonds is 7. The van der Waals surface area contributed by atoms with E-state index in [0.29, 0.717) is 19.3 Å². The van der Waals surface area contributed by atoms with Crippen LogP contribution in [0.2, 0.25) is 0 Å². The van der Waals surface area contributed by atoms with Gasteiger partial charge in [0.2, 0.25) is 0 Å². The number of esters is 2. The Labute approximate surface area is 244 Å². The summed E-state index contributed by atoms with van der Waals surface area (Å²) >= 11 is 1.56. The molecule has 0 saturated heterocycles. The molecule has 218 valence electrons. The molecule has 0 saturated carbocycles. The Morgan fingerprint density at radius 3 is 2.67 bits per heavy atom. The molecule has 1 aromatic heterocycles. The monoisotopic (exact) mass is 567 g/mol. The highest BCUT2D eigenvalue weighted by atomic mass is 32.1. The smallest absolute Gasteiger partial charge is 0.331 e. The van der Waals surface area contributed by atoms with Crippen molar-refractivity contribution in [1.82, 2.24) is 15.2 Å². The second-order valence-electron chi connectivity index (χ2n) is 10.5. The molecule has 40 heavy (non-hydrogen) atoms. The number of thiazole rings is 1. The lowest BCUT2D eigenvalue weighted by Crippen LogP contribution is -2.36. The number of likely N-dealkylation sites (N-methyl/N-ethyl adjacent to an activating group) is 1. The fourth-order valence-electron chi connectivity index (χ4n) is 4.09. The van der Waals surface area contributed by atoms with Gasteiger partial charge in [-0.2, -0.15) is 0 Å². The van der Waals surface area contributed by atoms with E-state index in [1.165, 1.54) is 17.8 Å². The minimum Gasteiger partial charge on any atom is -0.461 e. The van der Waals surface area contributed by atoms with Gasteiger partial charge in [-0.15, -0.1) is 11.3 Å². The summed E-state index contributed by atoms with van der Waals surface area (Å²) in [6.07, 6.45) is 17.1. The van der Waals surface area contributed by atoms with Gasteiger partial charge in [-0.3, -0.25) is 0 Å². The highest BCUT2D eigenvalue weighted by molar-refractivity contribution is 7.09. The van der Waals surface area contributed by atoms with Crippen LogP contribution in [-0.2, 0) is 31.9 Å². The number of hydrogen-bond donors (Lipinski definition) is 1. The summed E-state index contributed by atoms with van der Waals surface area (Å²) in [6.45, 7) is 12.5. The minimum absolute atomic E-state index is 0.293. The molecular formula is C32H45N3O4S. The van der Waals surface area contributed by atoms with Crippen LogP contribution in [0.3, 0.4) is 0 Å². The number of nitrogens with zero attached hydrogens (tertiary/aromatic N) is 2. The zero-order chi connectivity index (χ0) is 29.5. The van der Waals surface area contributed by atoms with Gasteiger partial charge in [0.05, 0.1) is 10.7 Å². The SMILES string of the molecule is C=CNC1CCCc2csc(n2)CC(/C=C(C)/C=C/C(C)=C/CN(C)C)OC(=O)/C=C\C=C(/C)CC(C)OC1=O. The lowest BCUT2D eigenvalue weighted by Gasteiger charge is -2.20.